The summed E-state index contributed by atoms with van der Waals surface area (Å²) in [5.74, 6) is 0. The van der Waals surface area contributed by atoms with Gasteiger partial charge in [0.2, 0.25) is 0 Å². The normalized spacial score (nSPS) is 10.1. The van der Waals surface area contributed by atoms with Crippen LogP contribution in [-0.4, -0.2) is 4.98 Å². The number of allylic oxidation sites excluding steroid dienone is 1. The Morgan fingerprint density at radius 2 is 2.17 bits per heavy atom. The zero-order chi connectivity index (χ0) is 9.40. The quantitative estimate of drug-likeness (QED) is 0.692. The molecule has 1 heterocycles. The summed E-state index contributed by atoms with van der Waals surface area (Å²) in [7, 11) is 0. The molecule has 0 saturated heterocycles. The van der Waals surface area contributed by atoms with Gasteiger partial charge in [0.05, 0.1) is 0 Å². The number of hydrogen-bond acceptors (Lipinski definition) is 2. The second-order valence-corrected chi connectivity index (χ2v) is 1.99. The van der Waals surface area contributed by atoms with Gasteiger partial charge in [-0.15, -0.1) is 0 Å². The van der Waals surface area contributed by atoms with E-state index in [1.54, 1.807) is 12.4 Å². The minimum atomic E-state index is 0.771. The highest BCUT2D eigenvalue weighted by atomic mass is 14.6. The fourth-order valence-electron chi connectivity index (χ4n) is 0.700. The third-order valence-electron chi connectivity index (χ3n) is 1.31. The Kier molecular flexibility index (Phi) is 5.70. The first kappa shape index (κ1) is 10.7. The summed E-state index contributed by atoms with van der Waals surface area (Å²) >= 11 is 0. The number of nitrogens with zero attached hydrogens (tertiary/aromatic N) is 1. The Balaban J connectivity index is 0.000000561. The van der Waals surface area contributed by atoms with Crippen LogP contribution in [0.4, 0.5) is 0 Å². The van der Waals surface area contributed by atoms with Gasteiger partial charge in [-0.2, -0.15) is 0 Å². The molecular weight excluding hydrogens is 148 g/mol. The standard InChI is InChI=1S/C8H10N2.C2H6/c1-2-8(9)7-4-3-5-10-6-7;1-2/h2-6H,9H2,1H3;1-2H3/b8-2-;. The van der Waals surface area contributed by atoms with Gasteiger partial charge in [-0.05, 0) is 19.1 Å². The maximum Gasteiger partial charge on any atom is 0.0360 e. The summed E-state index contributed by atoms with van der Waals surface area (Å²) in [6.45, 7) is 5.91. The summed E-state index contributed by atoms with van der Waals surface area (Å²) in [6, 6.07) is 3.80. The lowest BCUT2D eigenvalue weighted by molar-refractivity contribution is 1.30. The predicted molar refractivity (Wildman–Crippen MR) is 53.4 cm³/mol. The monoisotopic (exact) mass is 164 g/mol. The van der Waals surface area contributed by atoms with Gasteiger partial charge < -0.3 is 5.73 Å². The molecule has 2 nitrogen and oxygen atoms in total. The molecule has 66 valence electrons. The number of pyridine rings is 1. The first-order valence-electron chi connectivity index (χ1n) is 4.17. The van der Waals surface area contributed by atoms with Crippen molar-refractivity contribution in [2.75, 3.05) is 0 Å². The van der Waals surface area contributed by atoms with E-state index in [1.165, 1.54) is 0 Å². The Morgan fingerprint density at radius 3 is 2.58 bits per heavy atom. The molecule has 0 radical (unpaired) electrons. The van der Waals surface area contributed by atoms with Crippen LogP contribution >= 0.6 is 0 Å². The predicted octanol–water partition coefficient (Wildman–Crippen LogP) is 2.43. The van der Waals surface area contributed by atoms with Gasteiger partial charge in [0.25, 0.3) is 0 Å². The number of rotatable bonds is 1. The minimum absolute atomic E-state index is 0.771. The molecular formula is C10H16N2. The highest BCUT2D eigenvalue weighted by Gasteiger charge is 1.90. The molecule has 0 spiro atoms. The summed E-state index contributed by atoms with van der Waals surface area (Å²) < 4.78 is 0. The first-order chi connectivity index (χ1) is 5.84. The van der Waals surface area contributed by atoms with Crippen LogP contribution in [0.5, 0.6) is 0 Å². The smallest absolute Gasteiger partial charge is 0.0360 e. The van der Waals surface area contributed by atoms with Crippen LogP contribution in [0.15, 0.2) is 30.6 Å². The Hall–Kier alpha value is -1.31. The zero-order valence-corrected chi connectivity index (χ0v) is 7.91. The van der Waals surface area contributed by atoms with Crippen molar-refractivity contribution in [3.05, 3.63) is 36.2 Å². The Bertz CT molecular complexity index is 227. The third-order valence-corrected chi connectivity index (χ3v) is 1.31. The second kappa shape index (κ2) is 6.40. The molecule has 0 fully saturated rings. The van der Waals surface area contributed by atoms with Crippen molar-refractivity contribution < 1.29 is 0 Å². The number of nitrogens with two attached hydrogens (primary N) is 1. The molecule has 1 aromatic rings. The molecule has 1 rings (SSSR count). The second-order valence-electron chi connectivity index (χ2n) is 1.99. The van der Waals surface area contributed by atoms with Crippen molar-refractivity contribution in [3.8, 4) is 0 Å². The van der Waals surface area contributed by atoms with Crippen LogP contribution in [0, 0.1) is 0 Å². The average molecular weight is 164 g/mol. The SMILES string of the molecule is C/C=C(\N)c1cccnc1.CC. The van der Waals surface area contributed by atoms with Gasteiger partial charge in [-0.3, -0.25) is 4.98 Å². The fraction of sp³-hybridized carbons (Fsp3) is 0.300. The lowest BCUT2D eigenvalue weighted by Crippen LogP contribution is -1.94. The number of hydrogen-bond donors (Lipinski definition) is 1. The molecule has 2 N–H and O–H groups in total. The molecule has 0 unspecified atom stereocenters. The van der Waals surface area contributed by atoms with E-state index in [0.717, 1.165) is 11.3 Å². The van der Waals surface area contributed by atoms with Crippen molar-refractivity contribution in [1.29, 1.82) is 0 Å². The maximum atomic E-state index is 5.62. The molecule has 0 amide bonds. The van der Waals surface area contributed by atoms with Crippen molar-refractivity contribution >= 4 is 5.70 Å². The average Bonchev–Trinajstić information content (AvgIpc) is 2.21. The Labute approximate surface area is 74.1 Å². The van der Waals surface area contributed by atoms with Crippen LogP contribution in [-0.2, 0) is 0 Å². The maximum absolute atomic E-state index is 5.62. The van der Waals surface area contributed by atoms with Crippen molar-refractivity contribution in [3.63, 3.8) is 0 Å². The van der Waals surface area contributed by atoms with Crippen molar-refractivity contribution in [1.82, 2.24) is 4.98 Å². The molecule has 0 aliphatic carbocycles. The van der Waals surface area contributed by atoms with E-state index in [2.05, 4.69) is 4.98 Å². The van der Waals surface area contributed by atoms with Crippen LogP contribution in [0.3, 0.4) is 0 Å². The lowest BCUT2D eigenvalue weighted by Gasteiger charge is -1.96. The molecule has 12 heavy (non-hydrogen) atoms. The van der Waals surface area contributed by atoms with E-state index in [4.69, 9.17) is 5.73 Å². The van der Waals surface area contributed by atoms with Gasteiger partial charge in [-0.25, -0.2) is 0 Å². The van der Waals surface area contributed by atoms with Crippen LogP contribution in [0.25, 0.3) is 5.70 Å². The van der Waals surface area contributed by atoms with Gasteiger partial charge in [0, 0.05) is 23.7 Å². The Morgan fingerprint density at radius 1 is 1.50 bits per heavy atom. The molecule has 2 heteroatoms. The van der Waals surface area contributed by atoms with Gasteiger partial charge >= 0.3 is 0 Å². The first-order valence-corrected chi connectivity index (χ1v) is 4.17. The van der Waals surface area contributed by atoms with E-state index >= 15 is 0 Å². The molecule has 0 saturated carbocycles. The highest BCUT2D eigenvalue weighted by Crippen LogP contribution is 2.04. The van der Waals surface area contributed by atoms with Crippen LogP contribution < -0.4 is 5.73 Å². The molecule has 0 aliphatic rings. The van der Waals surface area contributed by atoms with Crippen molar-refractivity contribution in [2.24, 2.45) is 5.73 Å². The molecule has 0 bridgehead atoms. The van der Waals surface area contributed by atoms with Crippen LogP contribution in [0.1, 0.15) is 26.3 Å². The summed E-state index contributed by atoms with van der Waals surface area (Å²) in [4.78, 5) is 3.93. The highest BCUT2D eigenvalue weighted by molar-refractivity contribution is 5.60. The topological polar surface area (TPSA) is 38.9 Å². The summed E-state index contributed by atoms with van der Waals surface area (Å²) in [5.41, 5.74) is 7.36. The summed E-state index contributed by atoms with van der Waals surface area (Å²) in [6.07, 6.45) is 5.33. The molecule has 0 aliphatic heterocycles. The van der Waals surface area contributed by atoms with Crippen molar-refractivity contribution in [2.45, 2.75) is 20.8 Å². The van der Waals surface area contributed by atoms with Gasteiger partial charge in [-0.1, -0.05) is 19.9 Å². The van der Waals surface area contributed by atoms with E-state index in [0.29, 0.717) is 0 Å². The fourth-order valence-corrected chi connectivity index (χ4v) is 0.700. The van der Waals surface area contributed by atoms with Crippen LogP contribution in [0.2, 0.25) is 0 Å². The lowest BCUT2D eigenvalue weighted by atomic mass is 10.2. The van der Waals surface area contributed by atoms with Gasteiger partial charge in [0.1, 0.15) is 0 Å². The number of aromatic nitrogens is 1. The molecule has 1 aromatic heterocycles. The third kappa shape index (κ3) is 3.19. The van der Waals surface area contributed by atoms with E-state index in [1.807, 2.05) is 39.0 Å². The van der Waals surface area contributed by atoms with E-state index in [-0.39, 0.29) is 0 Å². The largest absolute Gasteiger partial charge is 0.398 e. The van der Waals surface area contributed by atoms with Gasteiger partial charge in [0.15, 0.2) is 0 Å². The molecule has 0 aromatic carbocycles. The van der Waals surface area contributed by atoms with E-state index in [9.17, 15) is 0 Å². The summed E-state index contributed by atoms with van der Waals surface area (Å²) in [5, 5.41) is 0. The van der Waals surface area contributed by atoms with E-state index < -0.39 is 0 Å². The molecule has 0 atom stereocenters. The zero-order valence-electron chi connectivity index (χ0n) is 7.91. The minimum Gasteiger partial charge on any atom is -0.398 e.